The van der Waals surface area contributed by atoms with Crippen LogP contribution >= 0.6 is 0 Å². The summed E-state index contributed by atoms with van der Waals surface area (Å²) >= 11 is 0. The minimum Gasteiger partial charge on any atom is -0.493 e. The average molecular weight is 371 g/mol. The second-order valence-corrected chi connectivity index (χ2v) is 6.24. The van der Waals surface area contributed by atoms with Crippen molar-refractivity contribution in [3.8, 4) is 17.2 Å². The molecule has 0 aliphatic heterocycles. The summed E-state index contributed by atoms with van der Waals surface area (Å²) in [5.41, 5.74) is 2.28. The lowest BCUT2D eigenvalue weighted by molar-refractivity contribution is 0.224. The zero-order valence-corrected chi connectivity index (χ0v) is 16.7. The van der Waals surface area contributed by atoms with Gasteiger partial charge in [-0.1, -0.05) is 23.8 Å². The highest BCUT2D eigenvalue weighted by atomic mass is 16.5. The molecule has 146 valence electrons. The Morgan fingerprint density at radius 2 is 1.70 bits per heavy atom. The van der Waals surface area contributed by atoms with Crippen molar-refractivity contribution < 1.29 is 14.2 Å². The predicted molar refractivity (Wildman–Crippen MR) is 109 cm³/mol. The first-order chi connectivity index (χ1) is 13.0. The van der Waals surface area contributed by atoms with E-state index in [1.165, 1.54) is 5.56 Å². The van der Waals surface area contributed by atoms with E-state index in [0.29, 0.717) is 30.5 Å². The summed E-state index contributed by atoms with van der Waals surface area (Å²) < 4.78 is 16.5. The molecular formula is C21H29N3O3. The molecule has 2 aromatic rings. The van der Waals surface area contributed by atoms with Crippen LogP contribution in [0.15, 0.2) is 47.5 Å². The topological polar surface area (TPSA) is 64.1 Å². The van der Waals surface area contributed by atoms with Crippen molar-refractivity contribution in [2.75, 3.05) is 27.8 Å². The van der Waals surface area contributed by atoms with Crippen molar-refractivity contribution in [2.24, 2.45) is 4.99 Å². The van der Waals surface area contributed by atoms with E-state index >= 15 is 0 Å². The van der Waals surface area contributed by atoms with Gasteiger partial charge in [0.15, 0.2) is 17.5 Å². The molecule has 0 aliphatic carbocycles. The zero-order chi connectivity index (χ0) is 19.6. The van der Waals surface area contributed by atoms with E-state index in [9.17, 15) is 0 Å². The molecule has 2 rings (SSSR count). The van der Waals surface area contributed by atoms with Crippen LogP contribution in [0.3, 0.4) is 0 Å². The lowest BCUT2D eigenvalue weighted by Crippen LogP contribution is -2.41. The standard InChI is InChI=1S/C21H29N3O3/c1-15-6-9-18(10-7-15)27-16(2)13-23-21(22-3)24-14-17-8-11-19(25-4)20(12-17)26-5/h6-12,16H,13-14H2,1-5H3,(H2,22,23,24). The van der Waals surface area contributed by atoms with Crippen LogP contribution < -0.4 is 24.8 Å². The van der Waals surface area contributed by atoms with Crippen LogP contribution in [0.25, 0.3) is 0 Å². The number of methoxy groups -OCH3 is 2. The molecule has 0 heterocycles. The predicted octanol–water partition coefficient (Wildman–Crippen LogP) is 3.14. The Hall–Kier alpha value is -2.89. The highest BCUT2D eigenvalue weighted by Crippen LogP contribution is 2.27. The molecule has 0 amide bonds. The van der Waals surface area contributed by atoms with Crippen LogP contribution in [0.2, 0.25) is 0 Å². The first-order valence-corrected chi connectivity index (χ1v) is 8.94. The van der Waals surface area contributed by atoms with Crippen molar-refractivity contribution in [1.82, 2.24) is 10.6 Å². The number of guanidine groups is 1. The molecule has 0 aliphatic rings. The van der Waals surface area contributed by atoms with Gasteiger partial charge in [0.1, 0.15) is 11.9 Å². The van der Waals surface area contributed by atoms with Gasteiger partial charge in [-0.05, 0) is 43.7 Å². The van der Waals surface area contributed by atoms with Crippen molar-refractivity contribution >= 4 is 5.96 Å². The summed E-state index contributed by atoms with van der Waals surface area (Å²) in [6, 6.07) is 13.9. The van der Waals surface area contributed by atoms with Crippen LogP contribution in [-0.2, 0) is 6.54 Å². The van der Waals surface area contributed by atoms with Gasteiger partial charge < -0.3 is 24.8 Å². The van der Waals surface area contributed by atoms with Gasteiger partial charge in [0.05, 0.1) is 20.8 Å². The summed E-state index contributed by atoms with van der Waals surface area (Å²) in [4.78, 5) is 4.25. The minimum absolute atomic E-state index is 0.00679. The molecule has 0 saturated carbocycles. The van der Waals surface area contributed by atoms with E-state index in [1.807, 2.05) is 49.4 Å². The van der Waals surface area contributed by atoms with Gasteiger partial charge in [0, 0.05) is 13.6 Å². The largest absolute Gasteiger partial charge is 0.493 e. The van der Waals surface area contributed by atoms with Gasteiger partial charge >= 0.3 is 0 Å². The maximum Gasteiger partial charge on any atom is 0.191 e. The Bertz CT molecular complexity index is 745. The number of hydrogen-bond acceptors (Lipinski definition) is 4. The first kappa shape index (κ1) is 20.4. The molecule has 6 heteroatoms. The number of rotatable bonds is 8. The Morgan fingerprint density at radius 1 is 1.00 bits per heavy atom. The fraction of sp³-hybridized carbons (Fsp3) is 0.381. The number of hydrogen-bond donors (Lipinski definition) is 2. The highest BCUT2D eigenvalue weighted by molar-refractivity contribution is 5.79. The maximum atomic E-state index is 5.91. The molecule has 0 bridgehead atoms. The van der Waals surface area contributed by atoms with E-state index in [4.69, 9.17) is 14.2 Å². The van der Waals surface area contributed by atoms with E-state index in [-0.39, 0.29) is 6.10 Å². The zero-order valence-electron chi connectivity index (χ0n) is 16.7. The molecule has 1 atom stereocenters. The first-order valence-electron chi connectivity index (χ1n) is 8.94. The molecule has 1 unspecified atom stereocenters. The minimum atomic E-state index is 0.00679. The van der Waals surface area contributed by atoms with Gasteiger partial charge in [0.2, 0.25) is 0 Å². The molecule has 0 saturated heterocycles. The molecule has 0 aromatic heterocycles. The fourth-order valence-electron chi connectivity index (χ4n) is 2.53. The summed E-state index contributed by atoms with van der Waals surface area (Å²) in [6.07, 6.45) is 0.00679. The van der Waals surface area contributed by atoms with Crippen molar-refractivity contribution in [1.29, 1.82) is 0 Å². The molecule has 0 fully saturated rings. The van der Waals surface area contributed by atoms with Gasteiger partial charge in [-0.2, -0.15) is 0 Å². The van der Waals surface area contributed by atoms with E-state index in [2.05, 4.69) is 22.5 Å². The molecule has 2 N–H and O–H groups in total. The normalized spacial score (nSPS) is 12.3. The number of ether oxygens (including phenoxy) is 3. The molecule has 6 nitrogen and oxygen atoms in total. The van der Waals surface area contributed by atoms with Gasteiger partial charge in [-0.3, -0.25) is 4.99 Å². The lowest BCUT2D eigenvalue weighted by Gasteiger charge is -2.18. The van der Waals surface area contributed by atoms with E-state index in [1.54, 1.807) is 21.3 Å². The Labute approximate surface area is 161 Å². The van der Waals surface area contributed by atoms with Gasteiger partial charge in [-0.15, -0.1) is 0 Å². The maximum absolute atomic E-state index is 5.91. The quantitative estimate of drug-likeness (QED) is 0.551. The number of aliphatic imine (C=N–C) groups is 1. The lowest BCUT2D eigenvalue weighted by atomic mass is 10.2. The average Bonchev–Trinajstić information content (AvgIpc) is 2.69. The SMILES string of the molecule is CN=C(NCc1ccc(OC)c(OC)c1)NCC(C)Oc1ccc(C)cc1. The van der Waals surface area contributed by atoms with E-state index in [0.717, 1.165) is 11.3 Å². The second-order valence-electron chi connectivity index (χ2n) is 6.24. The fourth-order valence-corrected chi connectivity index (χ4v) is 2.53. The highest BCUT2D eigenvalue weighted by Gasteiger charge is 2.07. The summed E-state index contributed by atoms with van der Waals surface area (Å²) in [7, 11) is 5.00. The third kappa shape index (κ3) is 6.40. The number of aryl methyl sites for hydroxylation is 1. The van der Waals surface area contributed by atoms with Crippen LogP contribution in [0.5, 0.6) is 17.2 Å². The van der Waals surface area contributed by atoms with Crippen molar-refractivity contribution in [3.63, 3.8) is 0 Å². The number of nitrogens with zero attached hydrogens (tertiary/aromatic N) is 1. The second kappa shape index (κ2) is 10.3. The monoisotopic (exact) mass is 371 g/mol. The molecular weight excluding hydrogens is 342 g/mol. The van der Waals surface area contributed by atoms with Crippen LogP contribution in [0.1, 0.15) is 18.1 Å². The summed E-state index contributed by atoms with van der Waals surface area (Å²) in [6.45, 7) is 5.34. The molecule has 27 heavy (non-hydrogen) atoms. The number of benzene rings is 2. The van der Waals surface area contributed by atoms with E-state index < -0.39 is 0 Å². The third-order valence-electron chi connectivity index (χ3n) is 4.05. The van der Waals surface area contributed by atoms with Gasteiger partial charge in [0.25, 0.3) is 0 Å². The number of nitrogens with one attached hydrogen (secondary N) is 2. The van der Waals surface area contributed by atoms with Crippen LogP contribution in [0.4, 0.5) is 0 Å². The Kier molecular flexibility index (Phi) is 7.79. The summed E-state index contributed by atoms with van der Waals surface area (Å²) in [5.74, 6) is 3.00. The van der Waals surface area contributed by atoms with Crippen molar-refractivity contribution in [2.45, 2.75) is 26.5 Å². The summed E-state index contributed by atoms with van der Waals surface area (Å²) in [5, 5.41) is 6.57. The van der Waals surface area contributed by atoms with Crippen molar-refractivity contribution in [3.05, 3.63) is 53.6 Å². The molecule has 2 aromatic carbocycles. The van der Waals surface area contributed by atoms with Crippen LogP contribution in [-0.4, -0.2) is 39.9 Å². The Morgan fingerprint density at radius 3 is 2.33 bits per heavy atom. The van der Waals surface area contributed by atoms with Gasteiger partial charge in [-0.25, -0.2) is 0 Å². The molecule has 0 radical (unpaired) electrons. The Balaban J connectivity index is 1.82. The smallest absolute Gasteiger partial charge is 0.191 e. The third-order valence-corrected chi connectivity index (χ3v) is 4.05. The molecule has 0 spiro atoms. The van der Waals surface area contributed by atoms with Crippen LogP contribution in [0, 0.1) is 6.92 Å².